The molecule has 3 heterocycles. The Morgan fingerprint density at radius 3 is 2.48 bits per heavy atom. The monoisotopic (exact) mass is 466 g/mol. The van der Waals surface area contributed by atoms with Gasteiger partial charge in [-0.05, 0) is 31.5 Å². The first kappa shape index (κ1) is 22.2. The number of nitrogens with zero attached hydrogens (tertiary/aromatic N) is 6. The average Bonchev–Trinajstić information content (AvgIpc) is 3.20. The van der Waals surface area contributed by atoms with E-state index >= 15 is 0 Å². The number of piperazine rings is 1. The van der Waals surface area contributed by atoms with Crippen molar-refractivity contribution >= 4 is 47.2 Å². The Bertz CT molecular complexity index is 873. The van der Waals surface area contributed by atoms with E-state index in [1.54, 1.807) is 13.4 Å². The number of unbranched alkanes of at least 4 members (excludes halogenated alkanes) is 1. The second kappa shape index (κ2) is 9.22. The highest BCUT2D eigenvalue weighted by Gasteiger charge is 2.48. The van der Waals surface area contributed by atoms with Gasteiger partial charge < -0.3 is 14.7 Å². The van der Waals surface area contributed by atoms with E-state index in [9.17, 15) is 9.59 Å². The van der Waals surface area contributed by atoms with E-state index in [-0.39, 0.29) is 11.9 Å². The molecule has 2 saturated heterocycles. The molecular weight excluding hydrogens is 439 g/mol. The maximum Gasteiger partial charge on any atom is 0.328 e. The molecule has 3 amide bonds. The number of imide groups is 1. The molecule has 3 aliphatic rings. The largest absolute Gasteiger partial charge is 0.368 e. The Morgan fingerprint density at radius 2 is 1.74 bits per heavy atom. The van der Waals surface area contributed by atoms with Crippen LogP contribution in [-0.4, -0.2) is 103 Å². The summed E-state index contributed by atoms with van der Waals surface area (Å²) < 4.78 is 0. The molecule has 0 bridgehead atoms. The summed E-state index contributed by atoms with van der Waals surface area (Å²) in [5.41, 5.74) is 1.00. The van der Waals surface area contributed by atoms with Crippen LogP contribution in [0.15, 0.2) is 23.2 Å². The summed E-state index contributed by atoms with van der Waals surface area (Å²) >= 11 is 12.5. The van der Waals surface area contributed by atoms with Gasteiger partial charge in [0.1, 0.15) is 0 Å². The lowest BCUT2D eigenvalue weighted by atomic mass is 10.1. The van der Waals surface area contributed by atoms with Crippen LogP contribution in [0.4, 0.5) is 10.5 Å². The second-order valence-electron chi connectivity index (χ2n) is 8.26. The molecule has 8 nitrogen and oxygen atoms in total. The van der Waals surface area contributed by atoms with Crippen LogP contribution >= 0.6 is 23.2 Å². The number of carbonyl (C=O) groups excluding carboxylic acids is 2. The molecule has 3 aliphatic heterocycles. The number of aliphatic imine (C=N–C) groups is 1. The minimum Gasteiger partial charge on any atom is -0.368 e. The number of carbonyl (C=O) groups is 2. The van der Waals surface area contributed by atoms with Crippen molar-refractivity contribution in [2.24, 2.45) is 4.99 Å². The molecule has 4 rings (SSSR count). The smallest absolute Gasteiger partial charge is 0.328 e. The summed E-state index contributed by atoms with van der Waals surface area (Å²) in [5.74, 6) is -0.179. The maximum absolute atomic E-state index is 12.6. The number of hydrogen-bond donors (Lipinski definition) is 0. The molecule has 10 heteroatoms. The number of fused-ring (bicyclic) bond motifs is 1. The van der Waals surface area contributed by atoms with Crippen LogP contribution in [0.2, 0.25) is 10.0 Å². The van der Waals surface area contributed by atoms with Crippen molar-refractivity contribution in [1.29, 1.82) is 0 Å². The third-order valence-corrected chi connectivity index (χ3v) is 7.17. The van der Waals surface area contributed by atoms with E-state index < -0.39 is 12.2 Å². The molecule has 2 fully saturated rings. The summed E-state index contributed by atoms with van der Waals surface area (Å²) in [5, 5.41) is 1.21. The molecule has 1 aromatic rings. The highest BCUT2D eigenvalue weighted by atomic mass is 35.5. The Morgan fingerprint density at radius 1 is 1.03 bits per heavy atom. The van der Waals surface area contributed by atoms with E-state index in [1.165, 1.54) is 16.8 Å². The molecule has 2 atom stereocenters. The van der Waals surface area contributed by atoms with Crippen LogP contribution in [-0.2, 0) is 4.79 Å². The van der Waals surface area contributed by atoms with Crippen molar-refractivity contribution in [3.8, 4) is 0 Å². The first-order valence-corrected chi connectivity index (χ1v) is 11.4. The van der Waals surface area contributed by atoms with Crippen LogP contribution in [0.3, 0.4) is 0 Å². The fourth-order valence-corrected chi connectivity index (χ4v) is 4.89. The van der Waals surface area contributed by atoms with Crippen molar-refractivity contribution in [1.82, 2.24) is 19.6 Å². The molecule has 2 unspecified atom stereocenters. The second-order valence-corrected chi connectivity index (χ2v) is 9.05. The van der Waals surface area contributed by atoms with E-state index in [1.807, 2.05) is 23.1 Å². The van der Waals surface area contributed by atoms with Crippen molar-refractivity contribution in [3.63, 3.8) is 0 Å². The van der Waals surface area contributed by atoms with Gasteiger partial charge in [0.15, 0.2) is 12.2 Å². The lowest BCUT2D eigenvalue weighted by Crippen LogP contribution is -2.63. The first-order chi connectivity index (χ1) is 14.9. The summed E-state index contributed by atoms with van der Waals surface area (Å²) in [7, 11) is 3.23. The van der Waals surface area contributed by atoms with Crippen LogP contribution in [0.5, 0.6) is 0 Å². The number of halogens is 2. The third-order valence-electron chi connectivity index (χ3n) is 6.36. The van der Waals surface area contributed by atoms with E-state index in [4.69, 9.17) is 23.2 Å². The highest BCUT2D eigenvalue weighted by Crippen LogP contribution is 2.33. The predicted octanol–water partition coefficient (Wildman–Crippen LogP) is 2.46. The molecular formula is C21H28Cl2N6O2. The standard InChI is InChI=1S/C21H28Cl2N6O2/c1-25-19-18(20(30)26(2)21(25)31)29(14-24-19)9-4-3-8-27-10-12-28(13-11-27)16-7-5-6-15(22)17(16)23/h5-7,14,18-19H,3-4,8-13H2,1-2H3. The average molecular weight is 467 g/mol. The lowest BCUT2D eigenvalue weighted by Gasteiger charge is -2.39. The van der Waals surface area contributed by atoms with Gasteiger partial charge in [-0.25, -0.2) is 9.79 Å². The van der Waals surface area contributed by atoms with Gasteiger partial charge in [-0.3, -0.25) is 14.6 Å². The first-order valence-electron chi connectivity index (χ1n) is 10.6. The Hall–Kier alpha value is -2.03. The summed E-state index contributed by atoms with van der Waals surface area (Å²) in [6, 6.07) is 5.06. The van der Waals surface area contributed by atoms with Gasteiger partial charge in [-0.15, -0.1) is 0 Å². The molecule has 1 aromatic carbocycles. The van der Waals surface area contributed by atoms with Gasteiger partial charge in [0, 0.05) is 46.8 Å². The summed E-state index contributed by atoms with van der Waals surface area (Å²) in [6.45, 7) is 5.57. The molecule has 31 heavy (non-hydrogen) atoms. The summed E-state index contributed by atoms with van der Waals surface area (Å²) in [4.78, 5) is 38.5. The topological polar surface area (TPSA) is 62.7 Å². The molecule has 0 aliphatic carbocycles. The lowest BCUT2D eigenvalue weighted by molar-refractivity contribution is -0.136. The Labute approximate surface area is 193 Å². The fourth-order valence-electron chi connectivity index (χ4n) is 4.48. The van der Waals surface area contributed by atoms with Gasteiger partial charge in [0.05, 0.1) is 22.1 Å². The maximum atomic E-state index is 12.6. The van der Waals surface area contributed by atoms with Crippen molar-refractivity contribution in [3.05, 3.63) is 28.2 Å². The number of rotatable bonds is 6. The van der Waals surface area contributed by atoms with Crippen molar-refractivity contribution in [2.45, 2.75) is 25.0 Å². The molecule has 168 valence electrons. The Kier molecular flexibility index (Phi) is 6.60. The zero-order chi connectivity index (χ0) is 22.1. The van der Waals surface area contributed by atoms with Crippen molar-refractivity contribution in [2.75, 3.05) is 58.3 Å². The normalized spacial score (nSPS) is 24.4. The summed E-state index contributed by atoms with van der Waals surface area (Å²) in [6.07, 6.45) is 3.31. The van der Waals surface area contributed by atoms with Gasteiger partial charge in [0.2, 0.25) is 0 Å². The number of urea groups is 1. The zero-order valence-corrected chi connectivity index (χ0v) is 19.4. The highest BCUT2D eigenvalue weighted by molar-refractivity contribution is 6.43. The zero-order valence-electron chi connectivity index (χ0n) is 17.9. The molecule has 0 N–H and O–H groups in total. The predicted molar refractivity (Wildman–Crippen MR) is 123 cm³/mol. The van der Waals surface area contributed by atoms with Gasteiger partial charge in [-0.1, -0.05) is 29.3 Å². The number of amides is 3. The number of hydrogen-bond acceptors (Lipinski definition) is 6. The van der Waals surface area contributed by atoms with E-state index in [2.05, 4.69) is 14.8 Å². The number of anilines is 1. The van der Waals surface area contributed by atoms with Gasteiger partial charge >= 0.3 is 6.03 Å². The van der Waals surface area contributed by atoms with E-state index in [0.29, 0.717) is 10.0 Å². The molecule has 0 radical (unpaired) electrons. The van der Waals surface area contributed by atoms with Crippen molar-refractivity contribution < 1.29 is 9.59 Å². The third kappa shape index (κ3) is 4.33. The molecule has 0 saturated carbocycles. The SMILES string of the molecule is CN1C(=O)C2C(N=CN2CCCCN2CCN(c3cccc(Cl)c3Cl)CC2)N(C)C1=O. The van der Waals surface area contributed by atoms with Crippen LogP contribution in [0.1, 0.15) is 12.8 Å². The van der Waals surface area contributed by atoms with Gasteiger partial charge in [0.25, 0.3) is 5.91 Å². The minimum absolute atomic E-state index is 0.179. The minimum atomic E-state index is -0.414. The number of benzene rings is 1. The van der Waals surface area contributed by atoms with Crippen LogP contribution in [0.25, 0.3) is 0 Å². The quantitative estimate of drug-likeness (QED) is 0.602. The Balaban J connectivity index is 1.21. The van der Waals surface area contributed by atoms with Gasteiger partial charge in [-0.2, -0.15) is 0 Å². The molecule has 0 spiro atoms. The van der Waals surface area contributed by atoms with E-state index in [0.717, 1.165) is 57.8 Å². The molecule has 0 aromatic heterocycles. The fraction of sp³-hybridized carbons (Fsp3) is 0.571. The van der Waals surface area contributed by atoms with Crippen LogP contribution < -0.4 is 4.90 Å². The number of likely N-dealkylation sites (N-methyl/N-ethyl adjacent to an activating group) is 2. The van der Waals surface area contributed by atoms with Crippen LogP contribution in [0, 0.1) is 0 Å².